The summed E-state index contributed by atoms with van der Waals surface area (Å²) in [6.07, 6.45) is 3.95. The van der Waals surface area contributed by atoms with Crippen LogP contribution in [0.1, 0.15) is 38.7 Å². The van der Waals surface area contributed by atoms with Crippen molar-refractivity contribution in [3.8, 4) is 5.75 Å². The summed E-state index contributed by atoms with van der Waals surface area (Å²) in [6.45, 7) is 9.93. The van der Waals surface area contributed by atoms with Gasteiger partial charge in [-0.15, -0.1) is 0 Å². The highest BCUT2D eigenvalue weighted by atomic mass is 16.5. The zero-order chi connectivity index (χ0) is 15.1. The maximum atomic E-state index is 5.87. The zero-order valence-corrected chi connectivity index (χ0v) is 13.8. The van der Waals surface area contributed by atoms with Crippen LogP contribution in [-0.2, 0) is 6.54 Å². The number of nitrogens with one attached hydrogen (secondary N) is 1. The van der Waals surface area contributed by atoms with E-state index in [1.54, 1.807) is 0 Å². The van der Waals surface area contributed by atoms with E-state index < -0.39 is 0 Å². The molecule has 118 valence electrons. The molecule has 1 aliphatic rings. The van der Waals surface area contributed by atoms with Crippen LogP contribution >= 0.6 is 0 Å². The number of likely N-dealkylation sites (tertiary alicyclic amines) is 1. The fourth-order valence-electron chi connectivity index (χ4n) is 2.90. The van der Waals surface area contributed by atoms with Crippen molar-refractivity contribution in [2.45, 2.75) is 39.7 Å². The second-order valence-electron chi connectivity index (χ2n) is 6.88. The van der Waals surface area contributed by atoms with E-state index in [2.05, 4.69) is 48.3 Å². The Kier molecular flexibility index (Phi) is 6.07. The molecule has 0 amide bonds. The first-order valence-corrected chi connectivity index (χ1v) is 8.18. The molecular weight excluding hydrogens is 260 g/mol. The van der Waals surface area contributed by atoms with Gasteiger partial charge in [-0.05, 0) is 62.5 Å². The number of hydrogen-bond donors (Lipinski definition) is 1. The van der Waals surface area contributed by atoms with E-state index in [9.17, 15) is 0 Å². The zero-order valence-electron chi connectivity index (χ0n) is 13.8. The molecule has 1 aromatic carbocycles. The molecule has 0 radical (unpaired) electrons. The minimum atomic E-state index is 0.513. The van der Waals surface area contributed by atoms with E-state index in [1.807, 2.05) is 7.05 Å². The van der Waals surface area contributed by atoms with Gasteiger partial charge < -0.3 is 10.1 Å². The molecule has 21 heavy (non-hydrogen) atoms. The highest BCUT2D eigenvalue weighted by Crippen LogP contribution is 2.29. The molecule has 1 aliphatic heterocycles. The van der Waals surface area contributed by atoms with Crippen LogP contribution in [0.5, 0.6) is 5.75 Å². The molecule has 0 unspecified atom stereocenters. The predicted octanol–water partition coefficient (Wildman–Crippen LogP) is 3.30. The minimum Gasteiger partial charge on any atom is -0.492 e. The Morgan fingerprint density at radius 2 is 1.90 bits per heavy atom. The third kappa shape index (κ3) is 5.68. The number of nitrogens with zero attached hydrogens (tertiary/aromatic N) is 1. The molecule has 1 fully saturated rings. The fourth-order valence-corrected chi connectivity index (χ4v) is 2.90. The van der Waals surface area contributed by atoms with Crippen LogP contribution in [0.15, 0.2) is 24.3 Å². The highest BCUT2D eigenvalue weighted by molar-refractivity contribution is 5.27. The average Bonchev–Trinajstić information content (AvgIpc) is 2.62. The van der Waals surface area contributed by atoms with E-state index in [0.29, 0.717) is 5.41 Å². The molecule has 3 nitrogen and oxygen atoms in total. The molecule has 1 N–H and O–H groups in total. The lowest BCUT2D eigenvalue weighted by Gasteiger charge is -2.23. The Hall–Kier alpha value is -1.06. The van der Waals surface area contributed by atoms with Gasteiger partial charge in [-0.2, -0.15) is 0 Å². The summed E-state index contributed by atoms with van der Waals surface area (Å²) >= 11 is 0. The van der Waals surface area contributed by atoms with Crippen molar-refractivity contribution in [2.75, 3.05) is 33.3 Å². The van der Waals surface area contributed by atoms with Gasteiger partial charge in [0.05, 0.1) is 0 Å². The lowest BCUT2D eigenvalue weighted by molar-refractivity contribution is 0.207. The number of benzene rings is 1. The van der Waals surface area contributed by atoms with E-state index in [1.165, 1.54) is 37.9 Å². The molecule has 1 saturated heterocycles. The standard InChI is InChI=1S/C18H30N2O/c1-18(2)9-4-11-20(12-10-18)13-14-21-17-7-5-16(6-8-17)15-19-3/h5-8,19H,4,9-15H2,1-3H3. The van der Waals surface area contributed by atoms with Gasteiger partial charge >= 0.3 is 0 Å². The molecule has 1 heterocycles. The van der Waals surface area contributed by atoms with Gasteiger partial charge in [0.1, 0.15) is 12.4 Å². The SMILES string of the molecule is CNCc1ccc(OCCN2CCCC(C)(C)CC2)cc1. The lowest BCUT2D eigenvalue weighted by Crippen LogP contribution is -2.30. The molecule has 0 atom stereocenters. The van der Waals surface area contributed by atoms with Gasteiger partial charge in [-0.25, -0.2) is 0 Å². The van der Waals surface area contributed by atoms with Crippen molar-refractivity contribution in [3.05, 3.63) is 29.8 Å². The van der Waals surface area contributed by atoms with Crippen LogP contribution in [0.4, 0.5) is 0 Å². The maximum Gasteiger partial charge on any atom is 0.119 e. The Balaban J connectivity index is 1.71. The molecule has 0 aliphatic carbocycles. The van der Waals surface area contributed by atoms with Crippen LogP contribution in [0.3, 0.4) is 0 Å². The maximum absolute atomic E-state index is 5.87. The summed E-state index contributed by atoms with van der Waals surface area (Å²) in [5, 5.41) is 3.15. The van der Waals surface area contributed by atoms with Gasteiger partial charge in [0.25, 0.3) is 0 Å². The van der Waals surface area contributed by atoms with Crippen LogP contribution < -0.4 is 10.1 Å². The van der Waals surface area contributed by atoms with Crippen molar-refractivity contribution in [3.63, 3.8) is 0 Å². The number of hydrogen-bond acceptors (Lipinski definition) is 3. The largest absolute Gasteiger partial charge is 0.492 e. The van der Waals surface area contributed by atoms with Crippen molar-refractivity contribution in [1.82, 2.24) is 10.2 Å². The Bertz CT molecular complexity index is 414. The molecule has 0 aromatic heterocycles. The van der Waals surface area contributed by atoms with Gasteiger partial charge in [-0.3, -0.25) is 4.90 Å². The third-order valence-corrected chi connectivity index (χ3v) is 4.41. The monoisotopic (exact) mass is 290 g/mol. The summed E-state index contributed by atoms with van der Waals surface area (Å²) in [5.74, 6) is 0.977. The Morgan fingerprint density at radius 1 is 1.14 bits per heavy atom. The van der Waals surface area contributed by atoms with Crippen molar-refractivity contribution in [1.29, 1.82) is 0 Å². The van der Waals surface area contributed by atoms with Crippen molar-refractivity contribution in [2.24, 2.45) is 5.41 Å². The van der Waals surface area contributed by atoms with Crippen LogP contribution in [0.25, 0.3) is 0 Å². The van der Waals surface area contributed by atoms with Gasteiger partial charge in [0.15, 0.2) is 0 Å². The van der Waals surface area contributed by atoms with E-state index in [4.69, 9.17) is 4.74 Å². The van der Waals surface area contributed by atoms with Gasteiger partial charge in [-0.1, -0.05) is 26.0 Å². The summed E-state index contributed by atoms with van der Waals surface area (Å²) in [4.78, 5) is 2.55. The second kappa shape index (κ2) is 7.81. The van der Waals surface area contributed by atoms with Crippen molar-refractivity contribution < 1.29 is 4.74 Å². The van der Waals surface area contributed by atoms with Crippen molar-refractivity contribution >= 4 is 0 Å². The van der Waals surface area contributed by atoms with E-state index in [0.717, 1.165) is 25.4 Å². The minimum absolute atomic E-state index is 0.513. The summed E-state index contributed by atoms with van der Waals surface area (Å²) in [5.41, 5.74) is 1.80. The number of rotatable bonds is 6. The third-order valence-electron chi connectivity index (χ3n) is 4.41. The summed E-state index contributed by atoms with van der Waals surface area (Å²) < 4.78 is 5.87. The van der Waals surface area contributed by atoms with E-state index in [-0.39, 0.29) is 0 Å². The summed E-state index contributed by atoms with van der Waals surface area (Å²) in [7, 11) is 1.97. The Morgan fingerprint density at radius 3 is 2.62 bits per heavy atom. The first kappa shape index (κ1) is 16.3. The molecular formula is C18H30N2O. The normalized spacial score (nSPS) is 19.2. The molecule has 0 bridgehead atoms. The fraction of sp³-hybridized carbons (Fsp3) is 0.667. The summed E-state index contributed by atoms with van der Waals surface area (Å²) in [6, 6.07) is 8.39. The van der Waals surface area contributed by atoms with Gasteiger partial charge in [0.2, 0.25) is 0 Å². The number of ether oxygens (including phenoxy) is 1. The topological polar surface area (TPSA) is 24.5 Å². The molecule has 3 heteroatoms. The average molecular weight is 290 g/mol. The highest BCUT2D eigenvalue weighted by Gasteiger charge is 2.22. The first-order chi connectivity index (χ1) is 10.1. The second-order valence-corrected chi connectivity index (χ2v) is 6.88. The molecule has 0 saturated carbocycles. The molecule has 1 aromatic rings. The van der Waals surface area contributed by atoms with E-state index >= 15 is 0 Å². The quantitative estimate of drug-likeness (QED) is 0.870. The van der Waals surface area contributed by atoms with Crippen LogP contribution in [0, 0.1) is 5.41 Å². The predicted molar refractivity (Wildman–Crippen MR) is 88.8 cm³/mol. The Labute approximate surface area is 129 Å². The smallest absolute Gasteiger partial charge is 0.119 e. The molecule has 2 rings (SSSR count). The van der Waals surface area contributed by atoms with Crippen LogP contribution in [-0.4, -0.2) is 38.2 Å². The first-order valence-electron chi connectivity index (χ1n) is 8.18. The lowest BCUT2D eigenvalue weighted by atomic mass is 9.85. The molecule has 0 spiro atoms. The van der Waals surface area contributed by atoms with Gasteiger partial charge in [0, 0.05) is 13.1 Å². The van der Waals surface area contributed by atoms with Crippen LogP contribution in [0.2, 0.25) is 0 Å².